The lowest BCUT2D eigenvalue weighted by atomic mass is 9.76. The summed E-state index contributed by atoms with van der Waals surface area (Å²) in [4.78, 5) is 73.8. The van der Waals surface area contributed by atoms with Crippen molar-refractivity contribution < 1.29 is 32.4 Å². The lowest BCUT2D eigenvalue weighted by molar-refractivity contribution is -0.136. The molecule has 0 bridgehead atoms. The monoisotopic (exact) mass is 851 g/mol. The Morgan fingerprint density at radius 3 is 2.12 bits per heavy atom. The largest absolute Gasteiger partial charge is 0.371 e. The van der Waals surface area contributed by atoms with Gasteiger partial charge in [0.1, 0.15) is 12.1 Å². The molecule has 60 heavy (non-hydrogen) atoms. The molecule has 6 heterocycles. The number of fused-ring (bicyclic) bond motifs is 2. The van der Waals surface area contributed by atoms with Gasteiger partial charge in [-0.1, -0.05) is 11.6 Å². The first-order valence-corrected chi connectivity index (χ1v) is 22.6. The molecule has 1 N–H and O–H groups in total. The number of likely N-dealkylation sites (tertiary alicyclic amines) is 1. The van der Waals surface area contributed by atoms with Crippen LogP contribution in [0.15, 0.2) is 59.5 Å². The van der Waals surface area contributed by atoms with Crippen molar-refractivity contribution >= 4 is 62.3 Å². The maximum Gasteiger partial charge on any atom is 0.262 e. The van der Waals surface area contributed by atoms with Gasteiger partial charge in [0.2, 0.25) is 17.7 Å². The summed E-state index contributed by atoms with van der Waals surface area (Å²) in [6.07, 6.45) is 4.09. The predicted molar refractivity (Wildman–Crippen MR) is 222 cm³/mol. The summed E-state index contributed by atoms with van der Waals surface area (Å²) < 4.78 is 27.6. The summed E-state index contributed by atoms with van der Waals surface area (Å²) in [5, 5.41) is 11.4. The molecule has 1 spiro atoms. The highest BCUT2D eigenvalue weighted by Crippen LogP contribution is 2.46. The number of carbonyl (C=O) groups is 5. The van der Waals surface area contributed by atoms with E-state index in [0.717, 1.165) is 66.3 Å². The van der Waals surface area contributed by atoms with Gasteiger partial charge in [-0.05, 0) is 130 Å². The average molecular weight is 852 g/mol. The molecular weight excluding hydrogens is 806 g/mol. The van der Waals surface area contributed by atoms with Gasteiger partial charge >= 0.3 is 0 Å². The second-order valence-electron chi connectivity index (χ2n) is 17.3. The molecule has 6 aliphatic rings. The van der Waals surface area contributed by atoms with Gasteiger partial charge in [0.15, 0.2) is 9.84 Å². The van der Waals surface area contributed by atoms with E-state index < -0.39 is 44.8 Å². The van der Waals surface area contributed by atoms with Crippen LogP contribution in [0.25, 0.3) is 0 Å². The number of nitrogens with one attached hydrogen (secondary N) is 1. The Morgan fingerprint density at radius 2 is 1.52 bits per heavy atom. The van der Waals surface area contributed by atoms with E-state index in [1.165, 1.54) is 0 Å². The number of benzene rings is 3. The number of anilines is 2. The van der Waals surface area contributed by atoms with Gasteiger partial charge in [-0.2, -0.15) is 5.26 Å². The van der Waals surface area contributed by atoms with Crippen molar-refractivity contribution in [3.63, 3.8) is 0 Å². The zero-order chi connectivity index (χ0) is 42.1. The Kier molecular flexibility index (Phi) is 10.2. The van der Waals surface area contributed by atoms with E-state index in [9.17, 15) is 37.7 Å². The van der Waals surface area contributed by atoms with Crippen LogP contribution in [-0.4, -0.2) is 109 Å². The highest BCUT2D eigenvalue weighted by molar-refractivity contribution is 7.92. The highest BCUT2D eigenvalue weighted by atomic mass is 35.5. The number of hydrogen-bond acceptors (Lipinski definition) is 11. The van der Waals surface area contributed by atoms with Crippen molar-refractivity contribution in [1.29, 1.82) is 5.26 Å². The number of carbonyl (C=O) groups excluding carboxylic acids is 5. The van der Waals surface area contributed by atoms with Crippen LogP contribution in [0.3, 0.4) is 0 Å². The Balaban J connectivity index is 0.754. The van der Waals surface area contributed by atoms with Crippen molar-refractivity contribution in [2.24, 2.45) is 5.41 Å². The fourth-order valence-electron chi connectivity index (χ4n) is 10.3. The first-order valence-electron chi connectivity index (χ1n) is 20.7. The molecule has 14 nitrogen and oxygen atoms in total. The molecule has 6 aliphatic heterocycles. The minimum Gasteiger partial charge on any atom is -0.371 e. The fraction of sp³-hybridized carbons (Fsp3) is 0.455. The molecule has 0 aliphatic carbocycles. The molecule has 4 fully saturated rings. The summed E-state index contributed by atoms with van der Waals surface area (Å²) >= 11 is 6.36. The number of amides is 5. The Labute approximate surface area is 353 Å². The molecule has 1 unspecified atom stereocenters. The van der Waals surface area contributed by atoms with E-state index >= 15 is 0 Å². The molecule has 2 atom stereocenters. The minimum absolute atomic E-state index is 0.0424. The van der Waals surface area contributed by atoms with Gasteiger partial charge in [-0.25, -0.2) is 8.42 Å². The molecular formula is C44H46ClN7O7S. The van der Waals surface area contributed by atoms with E-state index in [1.54, 1.807) is 35.2 Å². The smallest absolute Gasteiger partial charge is 0.262 e. The topological polar surface area (TPSA) is 172 Å². The van der Waals surface area contributed by atoms with Gasteiger partial charge in [0.25, 0.3) is 11.8 Å². The lowest BCUT2D eigenvalue weighted by Gasteiger charge is -2.40. The predicted octanol–water partition coefficient (Wildman–Crippen LogP) is 4.28. The maximum absolute atomic E-state index is 13.8. The van der Waals surface area contributed by atoms with Crippen LogP contribution in [0, 0.1) is 16.7 Å². The van der Waals surface area contributed by atoms with Crippen LogP contribution in [-0.2, 0) is 37.3 Å². The summed E-state index contributed by atoms with van der Waals surface area (Å²) in [7, 11) is -3.58. The molecule has 3 aromatic rings. The minimum atomic E-state index is -3.58. The van der Waals surface area contributed by atoms with E-state index in [1.807, 2.05) is 29.2 Å². The zero-order valence-electron chi connectivity index (χ0n) is 33.4. The second-order valence-corrected chi connectivity index (χ2v) is 20.0. The standard InChI is InChI=1S/C44H46ClN7O7S/c1-27-21-44(26-51(27)32-3-2-28(22-46)37(45)20-32)12-16-49(17-13-44)31-4-6-33(7-5-31)60(58,59)34-10-14-48(15-11-34)25-40(54)50-23-29-18-35-36(19-30(29)24-50)43(57)52(42(35)56)38-8-9-39(53)47-41(38)55/h2-7,18-20,27,34,38H,8-17,21,23-26H2,1H3,(H,47,53,55)/t27-,38?/m0/s1. The second kappa shape index (κ2) is 15.3. The quantitative estimate of drug-likeness (QED) is 0.337. The number of nitrogens with zero attached hydrogens (tertiary/aromatic N) is 6. The van der Waals surface area contributed by atoms with E-state index in [2.05, 4.69) is 28.1 Å². The maximum atomic E-state index is 13.8. The molecule has 312 valence electrons. The van der Waals surface area contributed by atoms with Crippen molar-refractivity contribution in [2.75, 3.05) is 49.1 Å². The third-order valence-electron chi connectivity index (χ3n) is 13.7. The van der Waals surface area contributed by atoms with Crippen LogP contribution < -0.4 is 15.1 Å². The van der Waals surface area contributed by atoms with Gasteiger partial charge in [-0.15, -0.1) is 0 Å². The summed E-state index contributed by atoms with van der Waals surface area (Å²) in [5.41, 5.74) is 4.62. The number of sulfone groups is 1. The summed E-state index contributed by atoms with van der Waals surface area (Å²) in [6.45, 7) is 6.55. The number of imide groups is 2. The van der Waals surface area contributed by atoms with Gasteiger partial charge in [0.05, 0.1) is 38.4 Å². The number of rotatable bonds is 7. The van der Waals surface area contributed by atoms with Crippen LogP contribution >= 0.6 is 11.6 Å². The average Bonchev–Trinajstić information content (AvgIpc) is 3.88. The van der Waals surface area contributed by atoms with Crippen LogP contribution in [0.5, 0.6) is 0 Å². The van der Waals surface area contributed by atoms with Crippen LogP contribution in [0.1, 0.15) is 89.3 Å². The fourth-order valence-corrected chi connectivity index (χ4v) is 12.2. The first kappa shape index (κ1) is 40.1. The third-order valence-corrected chi connectivity index (χ3v) is 16.3. The molecule has 4 saturated heterocycles. The number of hydrogen-bond donors (Lipinski definition) is 1. The van der Waals surface area contributed by atoms with Crippen molar-refractivity contribution in [1.82, 2.24) is 20.0 Å². The van der Waals surface area contributed by atoms with E-state index in [-0.39, 0.29) is 54.9 Å². The van der Waals surface area contributed by atoms with Crippen molar-refractivity contribution in [2.45, 2.75) is 87.2 Å². The number of nitriles is 1. The van der Waals surface area contributed by atoms with Crippen molar-refractivity contribution in [3.05, 3.63) is 87.4 Å². The van der Waals surface area contributed by atoms with Gasteiger partial charge < -0.3 is 14.7 Å². The third kappa shape index (κ3) is 7.12. The van der Waals surface area contributed by atoms with E-state index in [4.69, 9.17) is 11.6 Å². The Morgan fingerprint density at radius 1 is 0.883 bits per heavy atom. The van der Waals surface area contributed by atoms with Gasteiger partial charge in [0, 0.05) is 56.6 Å². The lowest BCUT2D eigenvalue weighted by Crippen LogP contribution is -2.54. The van der Waals surface area contributed by atoms with Crippen molar-refractivity contribution in [3.8, 4) is 6.07 Å². The van der Waals surface area contributed by atoms with E-state index in [0.29, 0.717) is 47.5 Å². The Hall–Kier alpha value is -5.30. The molecule has 3 aromatic carbocycles. The van der Waals surface area contributed by atoms with Crippen LogP contribution in [0.4, 0.5) is 11.4 Å². The molecule has 5 amide bonds. The van der Waals surface area contributed by atoms with Gasteiger partial charge in [-0.3, -0.25) is 39.1 Å². The van der Waals surface area contributed by atoms with Crippen LogP contribution in [0.2, 0.25) is 5.02 Å². The number of piperidine rings is 3. The molecule has 0 aromatic heterocycles. The molecule has 9 rings (SSSR count). The summed E-state index contributed by atoms with van der Waals surface area (Å²) in [5.74, 6) is -2.38. The summed E-state index contributed by atoms with van der Waals surface area (Å²) in [6, 6.07) is 17.7. The highest BCUT2D eigenvalue weighted by Gasteiger charge is 2.46. The molecule has 0 radical (unpaired) electrons. The first-order chi connectivity index (χ1) is 28.7. The Bertz CT molecular complexity index is 2430. The molecule has 16 heteroatoms. The SMILES string of the molecule is C[C@H]1CC2(CCN(c3ccc(S(=O)(=O)C4CCN(CC(=O)N5Cc6cc7c(cc6C5)C(=O)N(C5CCC(=O)NC5=O)C7=O)CC4)cc3)CC2)CN1c1ccc(C#N)c(Cl)c1. The molecule has 0 saturated carbocycles. The zero-order valence-corrected chi connectivity index (χ0v) is 34.9. The number of halogens is 1. The normalized spacial score (nSPS) is 23.3.